The van der Waals surface area contributed by atoms with Crippen LogP contribution in [0.3, 0.4) is 0 Å². The molecule has 0 saturated carbocycles. The quantitative estimate of drug-likeness (QED) is 0.295. The van der Waals surface area contributed by atoms with Crippen LogP contribution in [0.15, 0.2) is 53.0 Å². The summed E-state index contributed by atoms with van der Waals surface area (Å²) >= 11 is 5.87. The summed E-state index contributed by atoms with van der Waals surface area (Å²) in [5.41, 5.74) is -1.35. The van der Waals surface area contributed by atoms with E-state index in [1.165, 1.54) is 36.3 Å². The Morgan fingerprint density at radius 3 is 2.53 bits per heavy atom. The van der Waals surface area contributed by atoms with Gasteiger partial charge in [-0.3, -0.25) is 9.12 Å². The van der Waals surface area contributed by atoms with Crippen molar-refractivity contribution in [2.24, 2.45) is 0 Å². The van der Waals surface area contributed by atoms with Crippen LogP contribution in [0.5, 0.6) is 5.88 Å². The summed E-state index contributed by atoms with van der Waals surface area (Å²) < 4.78 is 89.0. The van der Waals surface area contributed by atoms with Gasteiger partial charge in [0.2, 0.25) is 20.9 Å². The molecule has 0 aliphatic carbocycles. The molecule has 17 heteroatoms. The van der Waals surface area contributed by atoms with Gasteiger partial charge in [0.05, 0.1) is 23.4 Å². The maximum atomic E-state index is 15.8. The van der Waals surface area contributed by atoms with Crippen molar-refractivity contribution >= 4 is 53.8 Å². The van der Waals surface area contributed by atoms with E-state index in [1.54, 1.807) is 0 Å². The molecule has 0 unspecified atom stereocenters. The molecule has 0 spiro atoms. The fourth-order valence-electron chi connectivity index (χ4n) is 3.65. The molecule has 0 bridgehead atoms. The van der Waals surface area contributed by atoms with Gasteiger partial charge in [0.25, 0.3) is 10.0 Å². The third kappa shape index (κ3) is 4.35. The number of benzene rings is 1. The number of sulfone groups is 1. The van der Waals surface area contributed by atoms with Crippen LogP contribution in [0.2, 0.25) is 5.02 Å². The molecule has 4 heterocycles. The van der Waals surface area contributed by atoms with Gasteiger partial charge in [0.15, 0.2) is 22.0 Å². The summed E-state index contributed by atoms with van der Waals surface area (Å²) in [4.78, 5) is 11.2. The largest absolute Gasteiger partial charge is 0.480 e. The first-order valence-corrected chi connectivity index (χ1v) is 14.1. The lowest BCUT2D eigenvalue weighted by atomic mass is 10.0. The lowest BCUT2D eigenvalue weighted by Gasteiger charge is -2.15. The van der Waals surface area contributed by atoms with Gasteiger partial charge in [-0.2, -0.15) is 4.98 Å². The highest BCUT2D eigenvalue weighted by atomic mass is 35.5. The topological polar surface area (TPSA) is 158 Å². The van der Waals surface area contributed by atoms with Crippen molar-refractivity contribution in [2.75, 3.05) is 18.1 Å². The zero-order valence-electron chi connectivity index (χ0n) is 19.2. The van der Waals surface area contributed by atoms with Crippen LogP contribution in [0, 0.1) is 11.6 Å². The highest BCUT2D eigenvalue weighted by molar-refractivity contribution is 7.92. The van der Waals surface area contributed by atoms with Gasteiger partial charge < -0.3 is 4.74 Å². The van der Waals surface area contributed by atoms with Crippen molar-refractivity contribution in [1.29, 1.82) is 0 Å². The van der Waals surface area contributed by atoms with E-state index in [-0.39, 0.29) is 33.1 Å². The van der Waals surface area contributed by atoms with E-state index in [2.05, 4.69) is 29.9 Å². The van der Waals surface area contributed by atoms with Crippen LogP contribution in [-0.4, -0.2) is 59.8 Å². The number of nitrogens with one attached hydrogen (secondary N) is 1. The zero-order valence-corrected chi connectivity index (χ0v) is 21.6. The van der Waals surface area contributed by atoms with E-state index < -0.39 is 52.8 Å². The van der Waals surface area contributed by atoms with Crippen molar-refractivity contribution in [3.05, 3.63) is 59.6 Å². The number of fused-ring (bicyclic) bond motifs is 3. The normalized spacial score (nSPS) is 12.2. The Kier molecular flexibility index (Phi) is 6.12. The molecule has 0 saturated heterocycles. The molecular weight excluding hydrogens is 568 g/mol. The molecular formula is C21H14ClF2N7O5S2. The minimum absolute atomic E-state index is 0.0157. The van der Waals surface area contributed by atoms with Crippen LogP contribution >= 0.6 is 11.6 Å². The molecule has 0 radical (unpaired) electrons. The van der Waals surface area contributed by atoms with E-state index in [1.807, 2.05) is 0 Å². The average molecular weight is 582 g/mol. The second-order valence-electron chi connectivity index (χ2n) is 7.84. The predicted molar refractivity (Wildman–Crippen MR) is 131 cm³/mol. The molecule has 0 atom stereocenters. The zero-order chi connectivity index (χ0) is 27.4. The van der Waals surface area contributed by atoms with Crippen LogP contribution in [0.4, 0.5) is 14.5 Å². The Labute approximate surface area is 218 Å². The molecule has 196 valence electrons. The smallest absolute Gasteiger partial charge is 0.267 e. The first-order chi connectivity index (χ1) is 17.9. The van der Waals surface area contributed by atoms with Crippen LogP contribution < -0.4 is 9.46 Å². The van der Waals surface area contributed by atoms with Crippen LogP contribution in [-0.2, 0) is 19.9 Å². The Hall–Kier alpha value is -4.02. The van der Waals surface area contributed by atoms with E-state index in [9.17, 15) is 16.8 Å². The van der Waals surface area contributed by atoms with Gasteiger partial charge in [-0.15, -0.1) is 10.2 Å². The molecule has 0 aliphatic rings. The third-order valence-electron chi connectivity index (χ3n) is 5.29. The van der Waals surface area contributed by atoms with Crippen LogP contribution in [0.25, 0.3) is 27.8 Å². The van der Waals surface area contributed by atoms with Gasteiger partial charge >= 0.3 is 0 Å². The molecule has 1 aromatic carbocycles. The Bertz CT molecular complexity index is 1990. The lowest BCUT2D eigenvalue weighted by molar-refractivity contribution is 0.385. The molecule has 0 fully saturated rings. The molecule has 5 aromatic rings. The number of ether oxygens (including phenoxy) is 1. The van der Waals surface area contributed by atoms with E-state index >= 15 is 8.78 Å². The number of halogens is 3. The second-order valence-corrected chi connectivity index (χ2v) is 11.8. The fraction of sp³-hybridized carbons (Fsp3) is 0.0952. The third-order valence-corrected chi connectivity index (χ3v) is 7.72. The number of rotatable bonds is 6. The minimum Gasteiger partial charge on any atom is -0.480 e. The summed E-state index contributed by atoms with van der Waals surface area (Å²) in [5, 5.41) is 7.37. The molecule has 38 heavy (non-hydrogen) atoms. The summed E-state index contributed by atoms with van der Waals surface area (Å²) in [6.45, 7) is 0. The minimum atomic E-state index is -4.49. The number of sulfonamides is 1. The second kappa shape index (κ2) is 9.07. The van der Waals surface area contributed by atoms with Gasteiger partial charge in [-0.25, -0.2) is 35.6 Å². The summed E-state index contributed by atoms with van der Waals surface area (Å²) in [6, 6.07) is 4.12. The first-order valence-electron chi connectivity index (χ1n) is 10.3. The fourth-order valence-corrected chi connectivity index (χ4v) is 5.57. The van der Waals surface area contributed by atoms with Crippen molar-refractivity contribution in [2.45, 2.75) is 10.1 Å². The maximum Gasteiger partial charge on any atom is 0.267 e. The molecule has 0 amide bonds. The number of anilines is 1. The monoisotopic (exact) mass is 581 g/mol. The summed E-state index contributed by atoms with van der Waals surface area (Å²) in [5.74, 6) is -2.59. The molecule has 0 aliphatic heterocycles. The SMILES string of the molecule is COc1ncc(Cl)cc1S(=O)(=O)Nc1ccc(F)c(-c2cc3cnc(S(C)(=O)=O)nc3n3cnnc23)c1F. The number of aromatic nitrogens is 6. The van der Waals surface area contributed by atoms with Crippen LogP contribution in [0.1, 0.15) is 0 Å². The van der Waals surface area contributed by atoms with Gasteiger partial charge in [0, 0.05) is 29.6 Å². The standard InChI is InChI=1S/C21H14ClF2N7O5S2/c1-36-20-15(6-11(22)8-25-20)38(34,35)30-14-4-3-13(23)16(17(14)24)12-5-10-7-26-21(37(2,32)33)28-18(10)31-9-27-29-19(12)31/h3-9,30H,1-2H3. The summed E-state index contributed by atoms with van der Waals surface area (Å²) in [6.07, 6.45) is 4.45. The van der Waals surface area contributed by atoms with Gasteiger partial charge in [0.1, 0.15) is 12.1 Å². The molecule has 4 aromatic heterocycles. The number of methoxy groups -OCH3 is 1. The van der Waals surface area contributed by atoms with E-state index in [0.717, 1.165) is 24.5 Å². The first kappa shape index (κ1) is 25.6. The van der Waals surface area contributed by atoms with Gasteiger partial charge in [-0.1, -0.05) is 11.6 Å². The highest BCUT2D eigenvalue weighted by Crippen LogP contribution is 2.36. The Morgan fingerprint density at radius 1 is 1.05 bits per heavy atom. The average Bonchev–Trinajstić information content (AvgIpc) is 3.35. The van der Waals surface area contributed by atoms with Crippen molar-refractivity contribution in [3.8, 4) is 17.0 Å². The van der Waals surface area contributed by atoms with Gasteiger partial charge in [-0.05, 0) is 24.3 Å². The molecule has 5 rings (SSSR count). The van der Waals surface area contributed by atoms with Crippen molar-refractivity contribution in [1.82, 2.24) is 29.5 Å². The van der Waals surface area contributed by atoms with E-state index in [4.69, 9.17) is 16.3 Å². The predicted octanol–water partition coefficient (Wildman–Crippen LogP) is 2.88. The number of pyridine rings is 2. The summed E-state index contributed by atoms with van der Waals surface area (Å²) in [7, 11) is -7.06. The van der Waals surface area contributed by atoms with Crippen molar-refractivity contribution < 1.29 is 30.4 Å². The number of nitrogens with zero attached hydrogens (tertiary/aromatic N) is 6. The maximum absolute atomic E-state index is 15.8. The highest BCUT2D eigenvalue weighted by Gasteiger charge is 2.26. The lowest BCUT2D eigenvalue weighted by Crippen LogP contribution is -2.16. The van der Waals surface area contributed by atoms with E-state index in [0.29, 0.717) is 0 Å². The van der Waals surface area contributed by atoms with Crippen molar-refractivity contribution in [3.63, 3.8) is 0 Å². The Balaban J connectivity index is 1.69. The molecule has 1 N–H and O–H groups in total. The molecule has 12 nitrogen and oxygen atoms in total. The number of hydrogen-bond donors (Lipinski definition) is 1. The Morgan fingerprint density at radius 2 is 1.82 bits per heavy atom. The number of hydrogen-bond acceptors (Lipinski definition) is 10.